The molecule has 1 aliphatic rings. The van der Waals surface area contributed by atoms with Crippen LogP contribution in [0.3, 0.4) is 0 Å². The molecule has 0 aromatic carbocycles. The molecule has 1 aromatic heterocycles. The van der Waals surface area contributed by atoms with Gasteiger partial charge in [-0.15, -0.1) is 0 Å². The molecule has 0 spiro atoms. The van der Waals surface area contributed by atoms with Crippen molar-refractivity contribution >= 4 is 0 Å². The zero-order valence-electron chi connectivity index (χ0n) is 9.28. The average molecular weight is 209 g/mol. The molecule has 1 fully saturated rings. The molecule has 15 heavy (non-hydrogen) atoms. The molecular weight excluding hydrogens is 190 g/mol. The number of rotatable bonds is 4. The van der Waals surface area contributed by atoms with E-state index >= 15 is 0 Å². The summed E-state index contributed by atoms with van der Waals surface area (Å²) in [7, 11) is 0. The number of hydrogen-bond acceptors (Lipinski definition) is 4. The second kappa shape index (κ2) is 4.75. The highest BCUT2D eigenvalue weighted by molar-refractivity contribution is 4.95. The highest BCUT2D eigenvalue weighted by Gasteiger charge is 2.19. The lowest BCUT2D eigenvalue weighted by Gasteiger charge is -2.03. The van der Waals surface area contributed by atoms with Gasteiger partial charge in [0.25, 0.3) is 0 Å². The Morgan fingerprint density at radius 1 is 1.47 bits per heavy atom. The molecule has 1 heterocycles. The SMILES string of the molecule is CC(CN)c1noc(CC2CCCC2)n1. The average Bonchev–Trinajstić information content (AvgIpc) is 2.88. The fourth-order valence-electron chi connectivity index (χ4n) is 2.12. The van der Waals surface area contributed by atoms with Gasteiger partial charge in [-0.1, -0.05) is 24.9 Å². The van der Waals surface area contributed by atoms with Crippen LogP contribution in [-0.2, 0) is 6.42 Å². The standard InChI is InChI=1S/C11H19N3O/c1-8(7-12)11-13-10(15-14-11)6-9-4-2-3-5-9/h8-9H,2-7,12H2,1H3. The van der Waals surface area contributed by atoms with Crippen molar-refractivity contribution in [3.05, 3.63) is 11.7 Å². The van der Waals surface area contributed by atoms with Crippen LogP contribution in [0.5, 0.6) is 0 Å². The number of nitrogens with two attached hydrogens (primary N) is 1. The van der Waals surface area contributed by atoms with E-state index in [9.17, 15) is 0 Å². The third-order valence-electron chi connectivity index (χ3n) is 3.22. The van der Waals surface area contributed by atoms with Gasteiger partial charge in [-0.25, -0.2) is 0 Å². The van der Waals surface area contributed by atoms with Gasteiger partial charge in [0.05, 0.1) is 0 Å². The second-order valence-electron chi connectivity index (χ2n) is 4.54. The van der Waals surface area contributed by atoms with Crippen LogP contribution in [0, 0.1) is 5.92 Å². The Labute approximate surface area is 90.2 Å². The van der Waals surface area contributed by atoms with E-state index in [0.29, 0.717) is 6.54 Å². The number of nitrogens with zero attached hydrogens (tertiary/aromatic N) is 2. The highest BCUT2D eigenvalue weighted by Crippen LogP contribution is 2.27. The normalized spacial score (nSPS) is 19.6. The summed E-state index contributed by atoms with van der Waals surface area (Å²) in [6.45, 7) is 2.59. The lowest BCUT2D eigenvalue weighted by atomic mass is 10.0. The minimum absolute atomic E-state index is 0.200. The van der Waals surface area contributed by atoms with Crippen LogP contribution in [0.25, 0.3) is 0 Å². The van der Waals surface area contributed by atoms with Crippen LogP contribution < -0.4 is 5.73 Å². The Kier molecular flexibility index (Phi) is 3.36. The molecule has 1 saturated carbocycles. The maximum Gasteiger partial charge on any atom is 0.226 e. The fourth-order valence-corrected chi connectivity index (χ4v) is 2.12. The van der Waals surface area contributed by atoms with Crippen LogP contribution in [0.4, 0.5) is 0 Å². The Morgan fingerprint density at radius 2 is 2.20 bits per heavy atom. The lowest BCUT2D eigenvalue weighted by Crippen LogP contribution is -2.10. The van der Waals surface area contributed by atoms with Gasteiger partial charge in [0.15, 0.2) is 5.82 Å². The van der Waals surface area contributed by atoms with Gasteiger partial charge in [0.1, 0.15) is 0 Å². The van der Waals surface area contributed by atoms with Crippen molar-refractivity contribution in [3.8, 4) is 0 Å². The van der Waals surface area contributed by atoms with Crippen LogP contribution in [-0.4, -0.2) is 16.7 Å². The molecule has 0 radical (unpaired) electrons. The van der Waals surface area contributed by atoms with Gasteiger partial charge in [0.2, 0.25) is 5.89 Å². The Bertz CT molecular complexity index is 305. The molecule has 4 heteroatoms. The fraction of sp³-hybridized carbons (Fsp3) is 0.818. The zero-order valence-corrected chi connectivity index (χ0v) is 9.28. The molecule has 0 saturated heterocycles. The molecule has 0 amide bonds. The van der Waals surface area contributed by atoms with Crippen molar-refractivity contribution in [2.24, 2.45) is 11.7 Å². The highest BCUT2D eigenvalue weighted by atomic mass is 16.5. The summed E-state index contributed by atoms with van der Waals surface area (Å²) in [5, 5.41) is 3.96. The van der Waals surface area contributed by atoms with Gasteiger partial charge >= 0.3 is 0 Å². The molecule has 1 unspecified atom stereocenters. The maximum atomic E-state index is 5.56. The van der Waals surface area contributed by atoms with E-state index < -0.39 is 0 Å². The van der Waals surface area contributed by atoms with E-state index in [1.807, 2.05) is 6.92 Å². The van der Waals surface area contributed by atoms with Crippen molar-refractivity contribution in [2.45, 2.75) is 44.9 Å². The zero-order chi connectivity index (χ0) is 10.7. The first-order valence-corrected chi connectivity index (χ1v) is 5.82. The summed E-state index contributed by atoms with van der Waals surface area (Å²) in [5.41, 5.74) is 5.56. The summed E-state index contributed by atoms with van der Waals surface area (Å²) in [6.07, 6.45) is 6.27. The first-order chi connectivity index (χ1) is 7.29. The molecule has 4 nitrogen and oxygen atoms in total. The Balaban J connectivity index is 1.94. The van der Waals surface area contributed by atoms with Crippen molar-refractivity contribution in [1.29, 1.82) is 0 Å². The van der Waals surface area contributed by atoms with Crippen molar-refractivity contribution < 1.29 is 4.52 Å². The van der Waals surface area contributed by atoms with Crippen LogP contribution in [0.1, 0.15) is 50.2 Å². The number of aromatic nitrogens is 2. The second-order valence-corrected chi connectivity index (χ2v) is 4.54. The Hall–Kier alpha value is -0.900. The summed E-state index contributed by atoms with van der Waals surface area (Å²) in [4.78, 5) is 4.39. The van der Waals surface area contributed by atoms with E-state index in [1.165, 1.54) is 25.7 Å². The van der Waals surface area contributed by atoms with Crippen LogP contribution in [0.15, 0.2) is 4.52 Å². The van der Waals surface area contributed by atoms with Gasteiger partial charge in [-0.3, -0.25) is 0 Å². The minimum atomic E-state index is 0.200. The molecular formula is C11H19N3O. The predicted molar refractivity (Wildman–Crippen MR) is 57.4 cm³/mol. The van der Waals surface area contributed by atoms with E-state index in [2.05, 4.69) is 10.1 Å². The topological polar surface area (TPSA) is 64.9 Å². The number of hydrogen-bond donors (Lipinski definition) is 1. The molecule has 84 valence electrons. The molecule has 0 bridgehead atoms. The Morgan fingerprint density at radius 3 is 2.87 bits per heavy atom. The van der Waals surface area contributed by atoms with Crippen LogP contribution in [0.2, 0.25) is 0 Å². The monoisotopic (exact) mass is 209 g/mol. The van der Waals surface area contributed by atoms with E-state index in [1.54, 1.807) is 0 Å². The first kappa shape index (κ1) is 10.6. The van der Waals surface area contributed by atoms with Crippen LogP contribution >= 0.6 is 0 Å². The lowest BCUT2D eigenvalue weighted by molar-refractivity contribution is 0.348. The van der Waals surface area contributed by atoms with Gasteiger partial charge in [-0.2, -0.15) is 4.98 Å². The first-order valence-electron chi connectivity index (χ1n) is 5.82. The summed E-state index contributed by atoms with van der Waals surface area (Å²) in [6, 6.07) is 0. The molecule has 2 N–H and O–H groups in total. The quantitative estimate of drug-likeness (QED) is 0.822. The molecule has 1 atom stereocenters. The van der Waals surface area contributed by atoms with Crippen molar-refractivity contribution in [1.82, 2.24) is 10.1 Å². The minimum Gasteiger partial charge on any atom is -0.339 e. The van der Waals surface area contributed by atoms with Gasteiger partial charge in [0, 0.05) is 18.9 Å². The van der Waals surface area contributed by atoms with Crippen molar-refractivity contribution in [2.75, 3.05) is 6.54 Å². The molecule has 2 rings (SSSR count). The smallest absolute Gasteiger partial charge is 0.226 e. The summed E-state index contributed by atoms with van der Waals surface area (Å²) in [5.74, 6) is 2.50. The van der Waals surface area contributed by atoms with Gasteiger partial charge < -0.3 is 10.3 Å². The molecule has 1 aromatic rings. The third-order valence-corrected chi connectivity index (χ3v) is 3.22. The summed E-state index contributed by atoms with van der Waals surface area (Å²) < 4.78 is 5.23. The molecule has 0 aliphatic heterocycles. The van der Waals surface area contributed by atoms with E-state index in [4.69, 9.17) is 10.3 Å². The van der Waals surface area contributed by atoms with E-state index in [-0.39, 0.29) is 5.92 Å². The largest absolute Gasteiger partial charge is 0.339 e. The maximum absolute atomic E-state index is 5.56. The van der Waals surface area contributed by atoms with Crippen molar-refractivity contribution in [3.63, 3.8) is 0 Å². The predicted octanol–water partition coefficient (Wildman–Crippen LogP) is 1.86. The van der Waals surface area contributed by atoms with E-state index in [0.717, 1.165) is 24.1 Å². The molecule has 1 aliphatic carbocycles. The summed E-state index contributed by atoms with van der Waals surface area (Å²) >= 11 is 0. The third kappa shape index (κ3) is 2.56. The van der Waals surface area contributed by atoms with Gasteiger partial charge in [-0.05, 0) is 18.8 Å².